The van der Waals surface area contributed by atoms with Crippen molar-refractivity contribution in [2.24, 2.45) is 0 Å². The zero-order valence-corrected chi connectivity index (χ0v) is 10.1. The molecule has 0 saturated carbocycles. The second kappa shape index (κ2) is 4.07. The Kier molecular flexibility index (Phi) is 2.39. The molecule has 1 heterocycles. The summed E-state index contributed by atoms with van der Waals surface area (Å²) in [7, 11) is 0. The van der Waals surface area contributed by atoms with Crippen molar-refractivity contribution in [1.29, 1.82) is 0 Å². The number of benzene rings is 2. The number of hydrogen-bond donors (Lipinski definition) is 3. The van der Waals surface area contributed by atoms with Gasteiger partial charge in [-0.1, -0.05) is 5.92 Å². The zero-order valence-electron chi connectivity index (χ0n) is 10.1. The van der Waals surface area contributed by atoms with Crippen molar-refractivity contribution in [3.63, 3.8) is 0 Å². The van der Waals surface area contributed by atoms with Gasteiger partial charge < -0.3 is 16.5 Å². The Morgan fingerprint density at radius 3 is 2.47 bits per heavy atom. The van der Waals surface area contributed by atoms with Crippen LogP contribution in [0.1, 0.15) is 5.56 Å². The first-order valence-electron chi connectivity index (χ1n) is 5.78. The number of nitrogens with one attached hydrogen (secondary N) is 1. The largest absolute Gasteiger partial charge is 0.399 e. The summed E-state index contributed by atoms with van der Waals surface area (Å²) in [6, 6.07) is 11.0. The Balaban J connectivity index is 2.18. The number of terminal acetylenes is 1. The summed E-state index contributed by atoms with van der Waals surface area (Å²) in [5.41, 5.74) is 16.2. The molecule has 0 unspecified atom stereocenters. The van der Waals surface area contributed by atoms with Gasteiger partial charge in [-0.3, -0.25) is 0 Å². The molecule has 0 bridgehead atoms. The van der Waals surface area contributed by atoms with Crippen LogP contribution in [0.25, 0.3) is 22.4 Å². The average molecular weight is 248 g/mol. The standard InChI is InChI=1S/C15H12N4/c1-2-9-3-4-13-14(5-9)19-15(18-13)10-6-11(16)8-12(17)7-10/h1,3-8H,16-17H2,(H,18,19). The van der Waals surface area contributed by atoms with E-state index in [1.807, 2.05) is 30.3 Å². The van der Waals surface area contributed by atoms with E-state index in [9.17, 15) is 0 Å². The minimum absolute atomic E-state index is 0.611. The molecule has 0 aliphatic rings. The maximum atomic E-state index is 5.79. The third-order valence-electron chi connectivity index (χ3n) is 2.90. The van der Waals surface area contributed by atoms with Gasteiger partial charge in [-0.05, 0) is 36.4 Å². The van der Waals surface area contributed by atoms with E-state index in [1.165, 1.54) is 0 Å². The quantitative estimate of drug-likeness (QED) is 0.457. The van der Waals surface area contributed by atoms with Crippen LogP contribution < -0.4 is 11.5 Å². The molecule has 0 atom stereocenters. The maximum absolute atomic E-state index is 5.79. The highest BCUT2D eigenvalue weighted by atomic mass is 14.9. The van der Waals surface area contributed by atoms with E-state index in [0.717, 1.165) is 28.0 Å². The number of aromatic amines is 1. The van der Waals surface area contributed by atoms with E-state index in [2.05, 4.69) is 15.9 Å². The number of fused-ring (bicyclic) bond motifs is 1. The summed E-state index contributed by atoms with van der Waals surface area (Å²) in [4.78, 5) is 7.74. The van der Waals surface area contributed by atoms with Gasteiger partial charge >= 0.3 is 0 Å². The summed E-state index contributed by atoms with van der Waals surface area (Å²) >= 11 is 0. The third-order valence-corrected chi connectivity index (χ3v) is 2.90. The van der Waals surface area contributed by atoms with E-state index < -0.39 is 0 Å². The first-order valence-corrected chi connectivity index (χ1v) is 5.78. The third kappa shape index (κ3) is 1.98. The van der Waals surface area contributed by atoms with Gasteiger partial charge in [-0.2, -0.15) is 0 Å². The summed E-state index contributed by atoms with van der Waals surface area (Å²) in [5.74, 6) is 3.32. The smallest absolute Gasteiger partial charge is 0.138 e. The fourth-order valence-electron chi connectivity index (χ4n) is 2.05. The van der Waals surface area contributed by atoms with Crippen LogP contribution >= 0.6 is 0 Å². The average Bonchev–Trinajstić information content (AvgIpc) is 2.80. The molecule has 3 aromatic rings. The zero-order chi connectivity index (χ0) is 13.4. The van der Waals surface area contributed by atoms with Gasteiger partial charge in [0.2, 0.25) is 0 Å². The molecule has 0 aliphatic heterocycles. The highest BCUT2D eigenvalue weighted by molar-refractivity contribution is 5.81. The van der Waals surface area contributed by atoms with Gasteiger partial charge in [0.05, 0.1) is 11.0 Å². The predicted octanol–water partition coefficient (Wildman–Crippen LogP) is 2.38. The lowest BCUT2D eigenvalue weighted by Gasteiger charge is -2.01. The summed E-state index contributed by atoms with van der Waals surface area (Å²) < 4.78 is 0. The van der Waals surface area contributed by atoms with Crippen LogP contribution in [-0.4, -0.2) is 9.97 Å². The number of rotatable bonds is 1. The highest BCUT2D eigenvalue weighted by Crippen LogP contribution is 2.25. The molecule has 0 amide bonds. The Hall–Kier alpha value is -2.93. The Morgan fingerprint density at radius 1 is 1.05 bits per heavy atom. The van der Waals surface area contributed by atoms with Crippen molar-refractivity contribution >= 4 is 22.4 Å². The topological polar surface area (TPSA) is 80.7 Å². The minimum atomic E-state index is 0.611. The van der Waals surface area contributed by atoms with Crippen LogP contribution in [0.3, 0.4) is 0 Å². The van der Waals surface area contributed by atoms with Crippen molar-refractivity contribution in [2.75, 3.05) is 11.5 Å². The van der Waals surface area contributed by atoms with Gasteiger partial charge in [-0.15, -0.1) is 6.42 Å². The first-order chi connectivity index (χ1) is 9.15. The first kappa shape index (κ1) is 11.2. The summed E-state index contributed by atoms with van der Waals surface area (Å²) in [6.45, 7) is 0. The van der Waals surface area contributed by atoms with Crippen molar-refractivity contribution in [3.05, 3.63) is 42.0 Å². The Labute approximate surface area is 110 Å². The predicted molar refractivity (Wildman–Crippen MR) is 78.3 cm³/mol. The van der Waals surface area contributed by atoms with Gasteiger partial charge in [0.25, 0.3) is 0 Å². The summed E-state index contributed by atoms with van der Waals surface area (Å²) in [5, 5.41) is 0. The molecular weight excluding hydrogens is 236 g/mol. The number of nitrogens with zero attached hydrogens (tertiary/aromatic N) is 1. The van der Waals surface area contributed by atoms with Crippen LogP contribution in [-0.2, 0) is 0 Å². The van der Waals surface area contributed by atoms with E-state index in [0.29, 0.717) is 11.4 Å². The van der Waals surface area contributed by atoms with Gasteiger partial charge in [0.1, 0.15) is 5.82 Å². The molecule has 0 aliphatic carbocycles. The van der Waals surface area contributed by atoms with Gasteiger partial charge in [-0.25, -0.2) is 4.98 Å². The molecule has 19 heavy (non-hydrogen) atoms. The number of nitrogen functional groups attached to an aromatic ring is 2. The molecule has 0 spiro atoms. The number of imidazole rings is 1. The van der Waals surface area contributed by atoms with Crippen molar-refractivity contribution in [1.82, 2.24) is 9.97 Å². The molecule has 0 saturated heterocycles. The summed E-state index contributed by atoms with van der Waals surface area (Å²) in [6.07, 6.45) is 5.38. The molecule has 1 aromatic heterocycles. The Morgan fingerprint density at radius 2 is 1.79 bits per heavy atom. The fourth-order valence-corrected chi connectivity index (χ4v) is 2.05. The highest BCUT2D eigenvalue weighted by Gasteiger charge is 2.07. The number of nitrogens with two attached hydrogens (primary N) is 2. The van der Waals surface area contributed by atoms with Crippen molar-refractivity contribution < 1.29 is 0 Å². The molecular formula is C15H12N4. The van der Waals surface area contributed by atoms with E-state index in [4.69, 9.17) is 17.9 Å². The number of aromatic nitrogens is 2. The molecule has 5 N–H and O–H groups in total. The monoisotopic (exact) mass is 248 g/mol. The SMILES string of the molecule is C#Cc1ccc2[nH]c(-c3cc(N)cc(N)c3)nc2c1. The maximum Gasteiger partial charge on any atom is 0.138 e. The fraction of sp³-hybridized carbons (Fsp3) is 0. The normalized spacial score (nSPS) is 10.5. The van der Waals surface area contributed by atoms with E-state index in [-0.39, 0.29) is 0 Å². The number of H-pyrrole nitrogens is 1. The minimum Gasteiger partial charge on any atom is -0.399 e. The molecule has 4 heteroatoms. The lowest BCUT2D eigenvalue weighted by molar-refractivity contribution is 1.34. The van der Waals surface area contributed by atoms with E-state index >= 15 is 0 Å². The van der Waals surface area contributed by atoms with Crippen molar-refractivity contribution in [2.45, 2.75) is 0 Å². The number of anilines is 2. The van der Waals surface area contributed by atoms with E-state index in [1.54, 1.807) is 6.07 Å². The molecule has 2 aromatic carbocycles. The molecule has 3 rings (SSSR count). The van der Waals surface area contributed by atoms with Crippen LogP contribution in [0.2, 0.25) is 0 Å². The second-order valence-corrected chi connectivity index (χ2v) is 4.35. The van der Waals surface area contributed by atoms with Crippen molar-refractivity contribution in [3.8, 4) is 23.7 Å². The van der Waals surface area contributed by atoms with Gasteiger partial charge in [0.15, 0.2) is 0 Å². The van der Waals surface area contributed by atoms with Gasteiger partial charge in [0, 0.05) is 22.5 Å². The molecule has 92 valence electrons. The second-order valence-electron chi connectivity index (χ2n) is 4.35. The molecule has 0 radical (unpaired) electrons. The lowest BCUT2D eigenvalue weighted by atomic mass is 10.1. The van der Waals surface area contributed by atoms with Crippen LogP contribution in [0.15, 0.2) is 36.4 Å². The van der Waals surface area contributed by atoms with Crippen LogP contribution in [0, 0.1) is 12.3 Å². The number of hydrogen-bond acceptors (Lipinski definition) is 3. The molecule has 4 nitrogen and oxygen atoms in total. The van der Waals surface area contributed by atoms with Crippen LogP contribution in [0.4, 0.5) is 11.4 Å². The Bertz CT molecular complexity index is 788. The van der Waals surface area contributed by atoms with Crippen LogP contribution in [0.5, 0.6) is 0 Å². The molecule has 0 fully saturated rings. The lowest BCUT2D eigenvalue weighted by Crippen LogP contribution is -1.92.